The standard InChI is InChI=1S/C24H26N4O4/c1-16-6-5-13-27(14-16)22-19-7-3-4-8-20(19)28(24(31)26-22)15-21(29)25-18-11-9-17(10-12-18)23(30)32-2/h3-4,7-12,16H,5-6,13-15H2,1-2H3,(H,25,29)/t16-/m0/s1. The van der Waals surface area contributed by atoms with E-state index in [9.17, 15) is 14.4 Å². The van der Waals surface area contributed by atoms with Crippen molar-refractivity contribution < 1.29 is 14.3 Å². The lowest BCUT2D eigenvalue weighted by atomic mass is 10.00. The van der Waals surface area contributed by atoms with Gasteiger partial charge in [-0.2, -0.15) is 4.98 Å². The number of fused-ring (bicyclic) bond motifs is 1. The normalized spacial score (nSPS) is 16.1. The van der Waals surface area contributed by atoms with Gasteiger partial charge in [-0.15, -0.1) is 0 Å². The van der Waals surface area contributed by atoms with Gasteiger partial charge in [-0.1, -0.05) is 19.1 Å². The third-order valence-corrected chi connectivity index (χ3v) is 5.72. The number of carbonyl (C=O) groups excluding carboxylic acids is 2. The SMILES string of the molecule is COC(=O)c1ccc(NC(=O)Cn2c(=O)nc(N3CCC[C@H](C)C3)c3ccccc32)cc1. The van der Waals surface area contributed by atoms with Crippen LogP contribution in [0.4, 0.5) is 11.5 Å². The van der Waals surface area contributed by atoms with E-state index in [1.807, 2.05) is 24.3 Å². The van der Waals surface area contributed by atoms with Crippen LogP contribution in [0, 0.1) is 5.92 Å². The number of ether oxygens (including phenoxy) is 1. The Morgan fingerprint density at radius 3 is 2.62 bits per heavy atom. The minimum atomic E-state index is -0.451. The molecular weight excluding hydrogens is 408 g/mol. The number of hydrogen-bond donors (Lipinski definition) is 1. The topological polar surface area (TPSA) is 93.5 Å². The zero-order valence-electron chi connectivity index (χ0n) is 18.2. The number of amides is 1. The molecule has 0 radical (unpaired) electrons. The number of carbonyl (C=O) groups is 2. The summed E-state index contributed by atoms with van der Waals surface area (Å²) in [6.45, 7) is 3.77. The molecule has 1 N–H and O–H groups in total. The summed E-state index contributed by atoms with van der Waals surface area (Å²) in [6.07, 6.45) is 2.24. The molecule has 4 rings (SSSR count). The summed E-state index contributed by atoms with van der Waals surface area (Å²) in [5.41, 5.74) is 1.14. The molecule has 166 valence electrons. The highest BCUT2D eigenvalue weighted by molar-refractivity contribution is 5.95. The highest BCUT2D eigenvalue weighted by Gasteiger charge is 2.22. The Morgan fingerprint density at radius 1 is 1.16 bits per heavy atom. The van der Waals surface area contributed by atoms with Crippen molar-refractivity contribution in [3.8, 4) is 0 Å². The van der Waals surface area contributed by atoms with Gasteiger partial charge in [-0.25, -0.2) is 9.59 Å². The molecule has 3 aromatic rings. The molecule has 8 heteroatoms. The number of piperidine rings is 1. The Kier molecular flexibility index (Phi) is 6.20. The molecule has 2 heterocycles. The van der Waals surface area contributed by atoms with Gasteiger partial charge in [0, 0.05) is 24.2 Å². The maximum atomic E-state index is 12.9. The van der Waals surface area contributed by atoms with Gasteiger partial charge in [0.2, 0.25) is 5.91 Å². The second-order valence-corrected chi connectivity index (χ2v) is 8.13. The zero-order chi connectivity index (χ0) is 22.7. The molecule has 1 atom stereocenters. The second-order valence-electron chi connectivity index (χ2n) is 8.13. The molecule has 1 amide bonds. The van der Waals surface area contributed by atoms with E-state index in [0.717, 1.165) is 24.9 Å². The molecule has 1 aromatic heterocycles. The van der Waals surface area contributed by atoms with Crippen LogP contribution in [0.1, 0.15) is 30.1 Å². The Bertz CT molecular complexity index is 1200. The largest absolute Gasteiger partial charge is 0.465 e. The minimum absolute atomic E-state index is 0.165. The second kappa shape index (κ2) is 9.21. The van der Waals surface area contributed by atoms with Crippen molar-refractivity contribution in [1.82, 2.24) is 9.55 Å². The molecule has 1 fully saturated rings. The molecule has 0 saturated carbocycles. The predicted octanol–water partition coefficient (Wildman–Crippen LogP) is 3.06. The maximum Gasteiger partial charge on any atom is 0.350 e. The molecule has 32 heavy (non-hydrogen) atoms. The highest BCUT2D eigenvalue weighted by atomic mass is 16.5. The third-order valence-electron chi connectivity index (χ3n) is 5.72. The summed E-state index contributed by atoms with van der Waals surface area (Å²) in [6, 6.07) is 13.9. The van der Waals surface area contributed by atoms with Crippen molar-refractivity contribution in [2.45, 2.75) is 26.3 Å². The van der Waals surface area contributed by atoms with Crippen LogP contribution in [-0.4, -0.2) is 41.6 Å². The van der Waals surface area contributed by atoms with Crippen molar-refractivity contribution in [3.63, 3.8) is 0 Å². The van der Waals surface area contributed by atoms with Crippen LogP contribution in [0.25, 0.3) is 10.9 Å². The number of para-hydroxylation sites is 1. The Labute approximate surface area is 185 Å². The van der Waals surface area contributed by atoms with Crippen LogP contribution in [0.15, 0.2) is 53.3 Å². The van der Waals surface area contributed by atoms with Gasteiger partial charge in [0.25, 0.3) is 0 Å². The molecule has 1 aliphatic rings. The van der Waals surface area contributed by atoms with E-state index in [0.29, 0.717) is 28.5 Å². The van der Waals surface area contributed by atoms with Crippen molar-refractivity contribution in [3.05, 3.63) is 64.6 Å². The molecule has 0 spiro atoms. The number of esters is 1. The van der Waals surface area contributed by atoms with Gasteiger partial charge in [-0.3, -0.25) is 9.36 Å². The average Bonchev–Trinajstić information content (AvgIpc) is 2.80. The number of anilines is 2. The number of aromatic nitrogens is 2. The van der Waals surface area contributed by atoms with Crippen molar-refractivity contribution in [1.29, 1.82) is 0 Å². The van der Waals surface area contributed by atoms with E-state index in [2.05, 4.69) is 26.9 Å². The fourth-order valence-electron chi connectivity index (χ4n) is 4.14. The first kappa shape index (κ1) is 21.5. The number of methoxy groups -OCH3 is 1. The minimum Gasteiger partial charge on any atom is -0.465 e. The molecule has 2 aromatic carbocycles. The quantitative estimate of drug-likeness (QED) is 0.621. The molecule has 0 unspecified atom stereocenters. The average molecular weight is 434 g/mol. The molecule has 1 saturated heterocycles. The van der Waals surface area contributed by atoms with Gasteiger partial charge in [-0.05, 0) is 55.2 Å². The molecule has 0 aliphatic carbocycles. The lowest BCUT2D eigenvalue weighted by molar-refractivity contribution is -0.116. The van der Waals surface area contributed by atoms with Gasteiger partial charge in [0.1, 0.15) is 12.4 Å². The first-order chi connectivity index (χ1) is 15.5. The summed E-state index contributed by atoms with van der Waals surface area (Å²) in [5.74, 6) is 0.426. The predicted molar refractivity (Wildman–Crippen MR) is 123 cm³/mol. The van der Waals surface area contributed by atoms with E-state index >= 15 is 0 Å². The smallest absolute Gasteiger partial charge is 0.350 e. The monoisotopic (exact) mass is 434 g/mol. The number of nitrogens with zero attached hydrogens (tertiary/aromatic N) is 3. The Balaban J connectivity index is 1.59. The number of nitrogens with one attached hydrogen (secondary N) is 1. The van der Waals surface area contributed by atoms with Crippen LogP contribution in [0.5, 0.6) is 0 Å². The Morgan fingerprint density at radius 2 is 1.91 bits per heavy atom. The van der Waals surface area contributed by atoms with E-state index in [1.165, 1.54) is 18.1 Å². The van der Waals surface area contributed by atoms with Gasteiger partial charge >= 0.3 is 11.7 Å². The molecule has 0 bridgehead atoms. The van der Waals surface area contributed by atoms with E-state index < -0.39 is 11.7 Å². The lowest BCUT2D eigenvalue weighted by Gasteiger charge is -2.32. The zero-order valence-corrected chi connectivity index (χ0v) is 18.2. The van der Waals surface area contributed by atoms with Crippen LogP contribution >= 0.6 is 0 Å². The number of benzene rings is 2. The van der Waals surface area contributed by atoms with Crippen LogP contribution in [0.2, 0.25) is 0 Å². The van der Waals surface area contributed by atoms with Crippen LogP contribution < -0.4 is 15.9 Å². The first-order valence-corrected chi connectivity index (χ1v) is 10.7. The molecule has 8 nitrogen and oxygen atoms in total. The van der Waals surface area contributed by atoms with Crippen molar-refractivity contribution in [2.75, 3.05) is 30.4 Å². The third kappa shape index (κ3) is 4.49. The summed E-state index contributed by atoms with van der Waals surface area (Å²) < 4.78 is 6.07. The summed E-state index contributed by atoms with van der Waals surface area (Å²) in [7, 11) is 1.31. The molecular formula is C24H26N4O4. The van der Waals surface area contributed by atoms with Gasteiger partial charge < -0.3 is 15.0 Å². The van der Waals surface area contributed by atoms with E-state index in [4.69, 9.17) is 0 Å². The first-order valence-electron chi connectivity index (χ1n) is 10.7. The van der Waals surface area contributed by atoms with E-state index in [-0.39, 0.29) is 12.5 Å². The molecule has 1 aliphatic heterocycles. The summed E-state index contributed by atoms with van der Waals surface area (Å²) in [5, 5.41) is 3.62. The fraction of sp³-hybridized carbons (Fsp3) is 0.333. The van der Waals surface area contributed by atoms with Crippen molar-refractivity contribution in [2.24, 2.45) is 5.92 Å². The highest BCUT2D eigenvalue weighted by Crippen LogP contribution is 2.27. The Hall–Kier alpha value is -3.68. The van der Waals surface area contributed by atoms with E-state index in [1.54, 1.807) is 24.3 Å². The van der Waals surface area contributed by atoms with Gasteiger partial charge in [0.15, 0.2) is 0 Å². The maximum absolute atomic E-state index is 12.9. The summed E-state index contributed by atoms with van der Waals surface area (Å²) in [4.78, 5) is 43.7. The summed E-state index contributed by atoms with van der Waals surface area (Å²) >= 11 is 0. The number of hydrogen-bond acceptors (Lipinski definition) is 6. The van der Waals surface area contributed by atoms with Crippen LogP contribution in [0.3, 0.4) is 0 Å². The lowest BCUT2D eigenvalue weighted by Crippen LogP contribution is -2.38. The number of rotatable bonds is 5. The fourth-order valence-corrected chi connectivity index (χ4v) is 4.14. The van der Waals surface area contributed by atoms with Gasteiger partial charge in [0.05, 0.1) is 18.2 Å². The van der Waals surface area contributed by atoms with Crippen LogP contribution in [-0.2, 0) is 16.1 Å². The van der Waals surface area contributed by atoms with Crippen molar-refractivity contribution >= 4 is 34.3 Å².